The summed E-state index contributed by atoms with van der Waals surface area (Å²) in [6.45, 7) is 0.728. The lowest BCUT2D eigenvalue weighted by Crippen LogP contribution is -2.24. The summed E-state index contributed by atoms with van der Waals surface area (Å²) in [5.74, 6) is 0.834. The van der Waals surface area contributed by atoms with E-state index in [1.54, 1.807) is 24.3 Å². The molecule has 0 aliphatic heterocycles. The van der Waals surface area contributed by atoms with Crippen molar-refractivity contribution in [3.63, 3.8) is 0 Å². The number of hydrogen-bond acceptors (Lipinski definition) is 3. The lowest BCUT2D eigenvalue weighted by atomic mass is 10.2. The quantitative estimate of drug-likeness (QED) is 0.534. The molecule has 0 aliphatic rings. The van der Waals surface area contributed by atoms with E-state index in [4.69, 9.17) is 4.74 Å². The summed E-state index contributed by atoms with van der Waals surface area (Å²) in [6, 6.07) is 17.9. The van der Waals surface area contributed by atoms with E-state index in [1.165, 1.54) is 5.56 Å². The molecular weight excluding hydrogens is 276 g/mol. The van der Waals surface area contributed by atoms with Gasteiger partial charge in [-0.05, 0) is 35.4 Å². The number of methoxy groups -OCH3 is 1. The maximum absolute atomic E-state index is 5.13. The van der Waals surface area contributed by atoms with Gasteiger partial charge in [0.2, 0.25) is 6.33 Å². The largest absolute Gasteiger partial charge is 0.497 e. The summed E-state index contributed by atoms with van der Waals surface area (Å²) in [6.07, 6.45) is 5.32. The number of benzene rings is 2. The van der Waals surface area contributed by atoms with Crippen molar-refractivity contribution in [1.29, 1.82) is 0 Å². The van der Waals surface area contributed by atoms with Crippen LogP contribution in [0.4, 0.5) is 0 Å². The monoisotopic (exact) mass is 293 g/mol. The van der Waals surface area contributed by atoms with Gasteiger partial charge in [-0.1, -0.05) is 30.3 Å². The van der Waals surface area contributed by atoms with E-state index >= 15 is 0 Å². The van der Waals surface area contributed by atoms with Crippen LogP contribution in [-0.2, 0) is 6.54 Å². The van der Waals surface area contributed by atoms with Gasteiger partial charge in [0.15, 0.2) is 0 Å². The summed E-state index contributed by atoms with van der Waals surface area (Å²) >= 11 is 0. The SMILES string of the molecule is COc1ccc(/C=N\[n+]2cnn(Cc3ccccc3)c2)cc1. The lowest BCUT2D eigenvalue weighted by Gasteiger charge is -1.97. The fraction of sp³-hybridized carbons (Fsp3) is 0.118. The molecule has 5 heteroatoms. The average molecular weight is 293 g/mol. The Bertz CT molecular complexity index is 748. The second-order valence-corrected chi connectivity index (χ2v) is 4.83. The molecule has 0 aliphatic carbocycles. The molecule has 5 nitrogen and oxygen atoms in total. The van der Waals surface area contributed by atoms with Crippen LogP contribution in [0.5, 0.6) is 5.75 Å². The van der Waals surface area contributed by atoms with Gasteiger partial charge in [0.25, 0.3) is 6.33 Å². The van der Waals surface area contributed by atoms with Crippen LogP contribution in [0.1, 0.15) is 11.1 Å². The Morgan fingerprint density at radius 1 is 1.14 bits per heavy atom. The van der Waals surface area contributed by atoms with Gasteiger partial charge < -0.3 is 4.74 Å². The van der Waals surface area contributed by atoms with Crippen LogP contribution in [0.15, 0.2) is 72.4 Å². The predicted octanol–water partition coefficient (Wildman–Crippen LogP) is 2.11. The molecule has 0 N–H and O–H groups in total. The van der Waals surface area contributed by atoms with Crippen LogP contribution in [-0.4, -0.2) is 23.1 Å². The fourth-order valence-corrected chi connectivity index (χ4v) is 2.05. The van der Waals surface area contributed by atoms with E-state index < -0.39 is 0 Å². The standard InChI is InChI=1S/C17H17N4O/c1-22-17-9-7-15(8-10-17)11-18-21-13-19-20(14-21)12-16-5-3-2-4-6-16/h2-11,13-14H,12H2,1H3/q+1/b18-11-. The van der Waals surface area contributed by atoms with E-state index in [0.717, 1.165) is 17.9 Å². The molecule has 2 aromatic carbocycles. The molecular formula is C17H17N4O+. The Hall–Kier alpha value is -2.95. The van der Waals surface area contributed by atoms with Crippen molar-refractivity contribution >= 4 is 6.21 Å². The molecule has 0 atom stereocenters. The average Bonchev–Trinajstić information content (AvgIpc) is 3.02. The molecule has 3 aromatic rings. The van der Waals surface area contributed by atoms with E-state index in [1.807, 2.05) is 53.5 Å². The Kier molecular flexibility index (Phi) is 4.25. The smallest absolute Gasteiger partial charge is 0.289 e. The first-order valence-electron chi connectivity index (χ1n) is 6.99. The molecule has 0 radical (unpaired) electrons. The lowest BCUT2D eigenvalue weighted by molar-refractivity contribution is -0.679. The highest BCUT2D eigenvalue weighted by Gasteiger charge is 2.05. The first-order valence-corrected chi connectivity index (χ1v) is 6.99. The van der Waals surface area contributed by atoms with Gasteiger partial charge >= 0.3 is 0 Å². The number of ether oxygens (including phenoxy) is 1. The van der Waals surface area contributed by atoms with E-state index in [9.17, 15) is 0 Å². The summed E-state index contributed by atoms with van der Waals surface area (Å²) in [4.78, 5) is 0. The summed E-state index contributed by atoms with van der Waals surface area (Å²) in [7, 11) is 1.65. The molecule has 0 bridgehead atoms. The van der Waals surface area contributed by atoms with Crippen molar-refractivity contribution in [1.82, 2.24) is 9.78 Å². The second-order valence-electron chi connectivity index (χ2n) is 4.83. The van der Waals surface area contributed by atoms with Crippen LogP contribution in [0.3, 0.4) is 0 Å². The molecule has 0 spiro atoms. The highest BCUT2D eigenvalue weighted by Crippen LogP contribution is 2.09. The molecule has 0 amide bonds. The van der Waals surface area contributed by atoms with Gasteiger partial charge in [-0.25, -0.2) is 0 Å². The second kappa shape index (κ2) is 6.67. The molecule has 0 unspecified atom stereocenters. The molecule has 0 saturated heterocycles. The number of aromatic nitrogens is 3. The van der Waals surface area contributed by atoms with E-state index in [2.05, 4.69) is 22.3 Å². The van der Waals surface area contributed by atoms with Crippen molar-refractivity contribution in [2.45, 2.75) is 6.54 Å². The van der Waals surface area contributed by atoms with Crippen molar-refractivity contribution in [2.24, 2.45) is 5.10 Å². The Morgan fingerprint density at radius 3 is 2.64 bits per heavy atom. The zero-order valence-electron chi connectivity index (χ0n) is 12.3. The minimum absolute atomic E-state index is 0.728. The minimum atomic E-state index is 0.728. The van der Waals surface area contributed by atoms with Gasteiger partial charge in [0, 0.05) is 5.10 Å². The first-order chi connectivity index (χ1) is 10.8. The topological polar surface area (TPSA) is 43.3 Å². The third-order valence-electron chi connectivity index (χ3n) is 3.21. The molecule has 1 heterocycles. The maximum Gasteiger partial charge on any atom is 0.289 e. The molecule has 110 valence electrons. The minimum Gasteiger partial charge on any atom is -0.497 e. The fourth-order valence-electron chi connectivity index (χ4n) is 2.05. The van der Waals surface area contributed by atoms with Crippen molar-refractivity contribution < 1.29 is 9.41 Å². The van der Waals surface area contributed by atoms with E-state index in [0.29, 0.717) is 0 Å². The number of nitrogens with zero attached hydrogens (tertiary/aromatic N) is 4. The Morgan fingerprint density at radius 2 is 1.91 bits per heavy atom. The molecule has 1 aromatic heterocycles. The zero-order valence-corrected chi connectivity index (χ0v) is 12.3. The molecule has 0 saturated carbocycles. The molecule has 3 rings (SSSR count). The summed E-state index contributed by atoms with van der Waals surface area (Å²) in [5, 5.41) is 8.66. The number of rotatable bonds is 5. The number of hydrogen-bond donors (Lipinski definition) is 0. The van der Waals surface area contributed by atoms with Crippen LogP contribution >= 0.6 is 0 Å². The van der Waals surface area contributed by atoms with Crippen molar-refractivity contribution in [3.8, 4) is 5.75 Å². The highest BCUT2D eigenvalue weighted by atomic mass is 16.5. The predicted molar refractivity (Wildman–Crippen MR) is 84.0 cm³/mol. The Balaban J connectivity index is 1.67. The van der Waals surface area contributed by atoms with Gasteiger partial charge in [0.1, 0.15) is 12.3 Å². The van der Waals surface area contributed by atoms with Crippen LogP contribution in [0, 0.1) is 0 Å². The van der Waals surface area contributed by atoms with Crippen LogP contribution in [0.2, 0.25) is 0 Å². The van der Waals surface area contributed by atoms with Crippen LogP contribution < -0.4 is 9.41 Å². The van der Waals surface area contributed by atoms with Crippen molar-refractivity contribution in [2.75, 3.05) is 7.11 Å². The van der Waals surface area contributed by atoms with Gasteiger partial charge in [-0.3, -0.25) is 0 Å². The highest BCUT2D eigenvalue weighted by molar-refractivity contribution is 5.79. The van der Waals surface area contributed by atoms with Gasteiger partial charge in [0.05, 0.1) is 13.3 Å². The van der Waals surface area contributed by atoms with Crippen LogP contribution in [0.25, 0.3) is 0 Å². The molecule has 22 heavy (non-hydrogen) atoms. The van der Waals surface area contributed by atoms with Gasteiger partial charge in [-0.15, -0.1) is 14.5 Å². The normalized spacial score (nSPS) is 11.0. The van der Waals surface area contributed by atoms with Crippen molar-refractivity contribution in [3.05, 3.63) is 78.4 Å². The Labute approximate surface area is 129 Å². The zero-order chi connectivity index (χ0) is 15.2. The summed E-state index contributed by atoms with van der Waals surface area (Å²) < 4.78 is 8.66. The van der Waals surface area contributed by atoms with Gasteiger partial charge in [-0.2, -0.15) is 0 Å². The summed E-state index contributed by atoms with van der Waals surface area (Å²) in [5.41, 5.74) is 2.21. The van der Waals surface area contributed by atoms with E-state index in [-0.39, 0.29) is 0 Å². The molecule has 0 fully saturated rings. The third-order valence-corrected chi connectivity index (χ3v) is 3.21. The maximum atomic E-state index is 5.13. The third kappa shape index (κ3) is 3.58. The first kappa shape index (κ1) is 14.0.